The van der Waals surface area contributed by atoms with Gasteiger partial charge >= 0.3 is 0 Å². The number of hydrogen-bond acceptors (Lipinski definition) is 5. The molecule has 2 N–H and O–H groups in total. The molecule has 1 aromatic rings. The highest BCUT2D eigenvalue weighted by Gasteiger charge is 2.13. The summed E-state index contributed by atoms with van der Waals surface area (Å²) in [4.78, 5) is 9.69. The van der Waals surface area contributed by atoms with Crippen molar-refractivity contribution in [3.63, 3.8) is 0 Å². The van der Waals surface area contributed by atoms with Gasteiger partial charge in [-0.2, -0.15) is 0 Å². The molecule has 0 saturated carbocycles. The zero-order valence-electron chi connectivity index (χ0n) is 17.8. The predicted octanol–water partition coefficient (Wildman–Crippen LogP) is 2.16. The van der Waals surface area contributed by atoms with Crippen molar-refractivity contribution in [2.24, 2.45) is 4.99 Å². The molecule has 0 unspecified atom stereocenters. The van der Waals surface area contributed by atoms with E-state index in [9.17, 15) is 0 Å². The van der Waals surface area contributed by atoms with Crippen LogP contribution in [0.25, 0.3) is 0 Å². The third kappa shape index (κ3) is 8.18. The van der Waals surface area contributed by atoms with Crippen molar-refractivity contribution >= 4 is 29.9 Å². The first-order valence-electron chi connectivity index (χ1n) is 10.6. The Morgan fingerprint density at radius 1 is 1.07 bits per heavy atom. The first-order valence-corrected chi connectivity index (χ1v) is 10.6. The van der Waals surface area contributed by atoms with Crippen LogP contribution in [0.2, 0.25) is 0 Å². The second kappa shape index (κ2) is 13.1. The number of halogens is 1. The molecule has 1 aromatic carbocycles. The van der Waals surface area contributed by atoms with E-state index in [1.54, 1.807) is 0 Å². The largest absolute Gasteiger partial charge is 0.454 e. The molecule has 0 atom stereocenters. The maximum atomic E-state index is 5.45. The van der Waals surface area contributed by atoms with Crippen molar-refractivity contribution in [2.45, 2.75) is 26.2 Å². The molecule has 0 amide bonds. The highest BCUT2D eigenvalue weighted by atomic mass is 127. The van der Waals surface area contributed by atoms with Crippen LogP contribution in [0.5, 0.6) is 11.5 Å². The van der Waals surface area contributed by atoms with Crippen molar-refractivity contribution in [3.05, 3.63) is 23.8 Å². The lowest BCUT2D eigenvalue weighted by Crippen LogP contribution is -2.44. The molecule has 164 valence electrons. The van der Waals surface area contributed by atoms with Crippen molar-refractivity contribution in [3.8, 4) is 11.5 Å². The van der Waals surface area contributed by atoms with Crippen LogP contribution in [0.1, 0.15) is 25.3 Å². The summed E-state index contributed by atoms with van der Waals surface area (Å²) in [7, 11) is 2.20. The van der Waals surface area contributed by atoms with Crippen molar-refractivity contribution in [2.75, 3.05) is 66.2 Å². The Morgan fingerprint density at radius 2 is 1.86 bits per heavy atom. The van der Waals surface area contributed by atoms with E-state index in [0.29, 0.717) is 6.79 Å². The monoisotopic (exact) mass is 517 g/mol. The van der Waals surface area contributed by atoms with Gasteiger partial charge in [-0.3, -0.25) is 4.99 Å². The Balaban J connectivity index is 0.00000300. The minimum atomic E-state index is 0. The Bertz CT molecular complexity index is 635. The first kappa shape index (κ1) is 24.0. The van der Waals surface area contributed by atoms with Crippen LogP contribution in [-0.4, -0.2) is 82.0 Å². The number of piperazine rings is 1. The van der Waals surface area contributed by atoms with Crippen LogP contribution in [0.15, 0.2) is 23.2 Å². The Hall–Kier alpha value is -1.26. The summed E-state index contributed by atoms with van der Waals surface area (Å²) in [6.07, 6.45) is 3.26. The maximum Gasteiger partial charge on any atom is 0.231 e. The normalized spacial score (nSPS) is 17.1. The van der Waals surface area contributed by atoms with Gasteiger partial charge in [0.2, 0.25) is 6.79 Å². The molecule has 29 heavy (non-hydrogen) atoms. The molecular weight excluding hydrogens is 481 g/mol. The summed E-state index contributed by atoms with van der Waals surface area (Å²) in [6.45, 7) is 11.0. The van der Waals surface area contributed by atoms with E-state index in [2.05, 4.69) is 46.5 Å². The van der Waals surface area contributed by atoms with Crippen LogP contribution < -0.4 is 20.1 Å². The second-order valence-electron chi connectivity index (χ2n) is 7.48. The summed E-state index contributed by atoms with van der Waals surface area (Å²) in [5, 5.41) is 6.77. The van der Waals surface area contributed by atoms with Crippen LogP contribution in [0.4, 0.5) is 0 Å². The number of hydrogen-bond donors (Lipinski definition) is 2. The van der Waals surface area contributed by atoms with Gasteiger partial charge in [-0.15, -0.1) is 24.0 Å². The molecular formula is C21H36IN5O2. The molecule has 0 bridgehead atoms. The first-order chi connectivity index (χ1) is 13.7. The predicted molar refractivity (Wildman–Crippen MR) is 129 cm³/mol. The smallest absolute Gasteiger partial charge is 0.231 e. The number of fused-ring (bicyclic) bond motifs is 1. The number of benzene rings is 1. The lowest BCUT2D eigenvalue weighted by atomic mass is 10.1. The Morgan fingerprint density at radius 3 is 2.66 bits per heavy atom. The number of ether oxygens (including phenoxy) is 2. The minimum Gasteiger partial charge on any atom is -0.454 e. The van der Waals surface area contributed by atoms with E-state index in [1.807, 2.05) is 6.07 Å². The standard InChI is InChI=1S/C21H35N5O2.HI/c1-3-22-21(23-9-4-5-11-26-14-12-25(2)13-15-26)24-10-8-18-6-7-19-20(16-18)28-17-27-19;/h6-7,16H,3-5,8-15,17H2,1-2H3,(H2,22,23,24);1H. The van der Waals surface area contributed by atoms with Gasteiger partial charge in [0.1, 0.15) is 0 Å². The highest BCUT2D eigenvalue weighted by Crippen LogP contribution is 2.32. The van der Waals surface area contributed by atoms with Gasteiger partial charge in [0.05, 0.1) is 0 Å². The van der Waals surface area contributed by atoms with E-state index in [-0.39, 0.29) is 24.0 Å². The number of guanidine groups is 1. The fourth-order valence-electron chi connectivity index (χ4n) is 3.47. The van der Waals surface area contributed by atoms with Gasteiger partial charge in [0.25, 0.3) is 0 Å². The van der Waals surface area contributed by atoms with Crippen LogP contribution in [-0.2, 0) is 6.42 Å². The van der Waals surface area contributed by atoms with Gasteiger partial charge in [-0.1, -0.05) is 6.07 Å². The zero-order valence-corrected chi connectivity index (χ0v) is 20.1. The van der Waals surface area contributed by atoms with Crippen LogP contribution in [0, 0.1) is 0 Å². The fourth-order valence-corrected chi connectivity index (χ4v) is 3.47. The molecule has 0 aliphatic carbocycles. The molecule has 0 aromatic heterocycles. The van der Waals surface area contributed by atoms with Gasteiger partial charge in [-0.25, -0.2) is 0 Å². The Labute approximate surface area is 192 Å². The SMILES string of the molecule is CCNC(=NCCCCN1CCN(C)CC1)NCCc1ccc2c(c1)OCO2.I. The maximum absolute atomic E-state index is 5.45. The van der Waals surface area contributed by atoms with E-state index in [4.69, 9.17) is 14.5 Å². The molecule has 1 fully saturated rings. The highest BCUT2D eigenvalue weighted by molar-refractivity contribution is 14.0. The van der Waals surface area contributed by atoms with Crippen molar-refractivity contribution in [1.29, 1.82) is 0 Å². The summed E-state index contributed by atoms with van der Waals surface area (Å²) < 4.78 is 10.8. The van der Waals surface area contributed by atoms with Gasteiger partial charge < -0.3 is 29.9 Å². The number of rotatable bonds is 9. The third-order valence-electron chi connectivity index (χ3n) is 5.24. The lowest BCUT2D eigenvalue weighted by Gasteiger charge is -2.32. The lowest BCUT2D eigenvalue weighted by molar-refractivity contribution is 0.152. The number of unbranched alkanes of at least 4 members (excludes halogenated alkanes) is 1. The van der Waals surface area contributed by atoms with E-state index >= 15 is 0 Å². The molecule has 3 rings (SSSR count). The number of aliphatic imine (C=N–C) groups is 1. The van der Waals surface area contributed by atoms with Gasteiger partial charge in [0, 0.05) is 45.8 Å². The van der Waals surface area contributed by atoms with Gasteiger partial charge in [-0.05, 0) is 57.5 Å². The van der Waals surface area contributed by atoms with Gasteiger partial charge in [0.15, 0.2) is 17.5 Å². The average Bonchev–Trinajstić information content (AvgIpc) is 3.17. The molecule has 0 radical (unpaired) electrons. The molecule has 7 nitrogen and oxygen atoms in total. The van der Waals surface area contributed by atoms with Crippen LogP contribution >= 0.6 is 24.0 Å². The summed E-state index contributed by atoms with van der Waals surface area (Å²) in [5.74, 6) is 2.59. The topological polar surface area (TPSA) is 61.4 Å². The quantitative estimate of drug-likeness (QED) is 0.227. The average molecular weight is 517 g/mol. The number of nitrogens with one attached hydrogen (secondary N) is 2. The minimum absolute atomic E-state index is 0. The molecule has 2 aliphatic rings. The summed E-state index contributed by atoms with van der Waals surface area (Å²) in [6, 6.07) is 6.14. The fraction of sp³-hybridized carbons (Fsp3) is 0.667. The van der Waals surface area contributed by atoms with Crippen molar-refractivity contribution < 1.29 is 9.47 Å². The number of likely N-dealkylation sites (N-methyl/N-ethyl adjacent to an activating group) is 1. The molecule has 2 aliphatic heterocycles. The Kier molecular flexibility index (Phi) is 10.9. The number of nitrogens with zero attached hydrogens (tertiary/aromatic N) is 3. The molecule has 8 heteroatoms. The van der Waals surface area contributed by atoms with E-state index < -0.39 is 0 Å². The second-order valence-corrected chi connectivity index (χ2v) is 7.48. The molecule has 2 heterocycles. The van der Waals surface area contributed by atoms with E-state index in [1.165, 1.54) is 44.7 Å². The zero-order chi connectivity index (χ0) is 19.6. The molecule has 0 spiro atoms. The third-order valence-corrected chi connectivity index (χ3v) is 5.24. The molecule has 1 saturated heterocycles. The van der Waals surface area contributed by atoms with Crippen LogP contribution in [0.3, 0.4) is 0 Å². The van der Waals surface area contributed by atoms with E-state index in [0.717, 1.165) is 49.9 Å². The summed E-state index contributed by atoms with van der Waals surface area (Å²) in [5.41, 5.74) is 1.24. The van der Waals surface area contributed by atoms with Crippen molar-refractivity contribution in [1.82, 2.24) is 20.4 Å². The summed E-state index contributed by atoms with van der Waals surface area (Å²) >= 11 is 0.